The smallest absolute Gasteiger partial charge is 0.278 e. The molecule has 0 bridgehead atoms. The Labute approximate surface area is 209 Å². The van der Waals surface area contributed by atoms with Crippen molar-refractivity contribution in [1.29, 1.82) is 0 Å². The summed E-state index contributed by atoms with van der Waals surface area (Å²) in [4.78, 5) is 33.2. The van der Waals surface area contributed by atoms with Crippen LogP contribution in [0.2, 0.25) is 0 Å². The van der Waals surface area contributed by atoms with E-state index in [2.05, 4.69) is 0 Å². The number of amides is 1. The van der Waals surface area contributed by atoms with E-state index >= 15 is 0 Å². The van der Waals surface area contributed by atoms with Crippen LogP contribution >= 0.6 is 35.3 Å². The molecule has 0 radical (unpaired) electrons. The van der Waals surface area contributed by atoms with E-state index in [0.29, 0.717) is 30.9 Å². The molecule has 7 nitrogen and oxygen atoms in total. The van der Waals surface area contributed by atoms with Gasteiger partial charge in [-0.25, -0.2) is 4.98 Å². The number of carbonyl (C=O) groups is 1. The molecule has 0 N–H and O–H groups in total. The number of hydrogen-bond donors (Lipinski definition) is 0. The number of hydrogen-bond acceptors (Lipinski definition) is 7. The monoisotopic (exact) mass is 510 g/mol. The number of benzene rings is 2. The number of methoxy groups -OCH3 is 1. The third-order valence-corrected chi connectivity index (χ3v) is 7.96. The van der Waals surface area contributed by atoms with E-state index in [9.17, 15) is 9.59 Å². The van der Waals surface area contributed by atoms with Gasteiger partial charge in [-0.05, 0) is 49.3 Å². The Balaban J connectivity index is 1.66. The normalized spacial score (nSPS) is 13.5. The number of likely N-dealkylation sites (tertiary alicyclic amines) is 1. The van der Waals surface area contributed by atoms with Gasteiger partial charge in [0.05, 0.1) is 24.2 Å². The molecule has 0 spiro atoms. The minimum absolute atomic E-state index is 0.0615. The summed E-state index contributed by atoms with van der Waals surface area (Å²) in [5.74, 6) is 0.961. The Bertz CT molecular complexity index is 1470. The molecule has 4 aromatic rings. The molecule has 0 saturated carbocycles. The first-order chi connectivity index (χ1) is 16.6. The lowest BCUT2D eigenvalue weighted by molar-refractivity contribution is -0.127. The Hall–Kier alpha value is -2.95. The molecule has 1 saturated heterocycles. The maximum Gasteiger partial charge on any atom is 0.278 e. The standard InChI is InChI=1S/C24H22N4O3S3/c1-31-18-11-7-10-17(14-18)27-21-20(34-24(27)32)22(30)28(16-8-3-2-4-9-16)23(25-21)33-15-19(29)26-12-5-6-13-26/h2-4,7-11,14H,5-6,12-13,15H2,1H3. The largest absolute Gasteiger partial charge is 0.497 e. The van der Waals surface area contributed by atoms with E-state index in [1.807, 2.05) is 59.5 Å². The SMILES string of the molecule is COc1cccc(-n2c(=S)sc3c(=O)n(-c4ccccc4)c(SCC(=O)N4CCCC4)nc32)c1. The van der Waals surface area contributed by atoms with Gasteiger partial charge in [-0.3, -0.25) is 18.7 Å². The average Bonchev–Trinajstić information content (AvgIpc) is 3.51. The molecular weight excluding hydrogens is 488 g/mol. The van der Waals surface area contributed by atoms with Crippen LogP contribution in [-0.4, -0.2) is 50.9 Å². The van der Waals surface area contributed by atoms with Crippen molar-refractivity contribution in [3.63, 3.8) is 0 Å². The predicted molar refractivity (Wildman–Crippen MR) is 138 cm³/mol. The number of aromatic nitrogens is 3. The van der Waals surface area contributed by atoms with E-state index in [0.717, 1.165) is 31.6 Å². The average molecular weight is 511 g/mol. The van der Waals surface area contributed by atoms with Gasteiger partial charge >= 0.3 is 0 Å². The molecule has 1 aliphatic rings. The van der Waals surface area contributed by atoms with Crippen LogP contribution in [0.15, 0.2) is 64.5 Å². The number of thioether (sulfide) groups is 1. The quantitative estimate of drug-likeness (QED) is 0.213. The van der Waals surface area contributed by atoms with Gasteiger partial charge in [0.2, 0.25) is 5.91 Å². The molecule has 0 unspecified atom stereocenters. The summed E-state index contributed by atoms with van der Waals surface area (Å²) in [5, 5.41) is 0.459. The number of thiazole rings is 1. The predicted octanol–water partition coefficient (Wildman–Crippen LogP) is 4.69. The van der Waals surface area contributed by atoms with Gasteiger partial charge < -0.3 is 9.64 Å². The first-order valence-electron chi connectivity index (χ1n) is 10.9. The maximum atomic E-state index is 13.7. The van der Waals surface area contributed by atoms with E-state index in [4.69, 9.17) is 21.9 Å². The molecule has 2 aromatic heterocycles. The fraction of sp³-hybridized carbons (Fsp3) is 0.250. The van der Waals surface area contributed by atoms with Gasteiger partial charge in [-0.2, -0.15) is 0 Å². The van der Waals surface area contributed by atoms with Crippen LogP contribution in [0.4, 0.5) is 0 Å². The minimum Gasteiger partial charge on any atom is -0.497 e. The Morgan fingerprint density at radius 2 is 1.82 bits per heavy atom. The van der Waals surface area contributed by atoms with E-state index in [1.165, 1.54) is 23.1 Å². The first kappa shape index (κ1) is 22.8. The van der Waals surface area contributed by atoms with Crippen LogP contribution in [0.3, 0.4) is 0 Å². The minimum atomic E-state index is -0.204. The molecule has 34 heavy (non-hydrogen) atoms. The molecule has 3 heterocycles. The molecule has 174 valence electrons. The summed E-state index contributed by atoms with van der Waals surface area (Å²) in [6.07, 6.45) is 2.07. The Morgan fingerprint density at radius 3 is 2.56 bits per heavy atom. The Morgan fingerprint density at radius 1 is 1.09 bits per heavy atom. The number of para-hydroxylation sites is 1. The van der Waals surface area contributed by atoms with Crippen LogP contribution in [0.1, 0.15) is 12.8 Å². The highest BCUT2D eigenvalue weighted by atomic mass is 32.2. The van der Waals surface area contributed by atoms with E-state index in [1.54, 1.807) is 16.2 Å². The van der Waals surface area contributed by atoms with Crippen LogP contribution in [0, 0.1) is 3.95 Å². The zero-order valence-electron chi connectivity index (χ0n) is 18.5. The lowest BCUT2D eigenvalue weighted by atomic mass is 10.3. The lowest BCUT2D eigenvalue weighted by Gasteiger charge is -2.16. The van der Waals surface area contributed by atoms with Crippen molar-refractivity contribution in [1.82, 2.24) is 19.0 Å². The van der Waals surface area contributed by atoms with Gasteiger partial charge in [0.25, 0.3) is 5.56 Å². The van der Waals surface area contributed by atoms with E-state index < -0.39 is 0 Å². The summed E-state index contributed by atoms with van der Waals surface area (Å²) < 4.78 is 9.72. The van der Waals surface area contributed by atoms with Crippen molar-refractivity contribution >= 4 is 51.6 Å². The van der Waals surface area contributed by atoms with Crippen LogP contribution in [0.5, 0.6) is 5.75 Å². The molecule has 1 amide bonds. The molecule has 1 aliphatic heterocycles. The number of carbonyl (C=O) groups excluding carboxylic acids is 1. The second-order valence-corrected chi connectivity index (χ2v) is 10.4. The fourth-order valence-electron chi connectivity index (χ4n) is 4.00. The summed E-state index contributed by atoms with van der Waals surface area (Å²) in [6, 6.07) is 16.8. The lowest BCUT2D eigenvalue weighted by Crippen LogP contribution is -2.29. The van der Waals surface area contributed by atoms with Gasteiger partial charge in [0.1, 0.15) is 10.4 Å². The molecule has 1 fully saturated rings. The summed E-state index contributed by atoms with van der Waals surface area (Å²) in [7, 11) is 1.60. The highest BCUT2D eigenvalue weighted by Gasteiger charge is 2.22. The Kier molecular flexibility index (Phi) is 6.53. The van der Waals surface area contributed by atoms with Crippen molar-refractivity contribution in [2.75, 3.05) is 26.0 Å². The highest BCUT2D eigenvalue weighted by Crippen LogP contribution is 2.29. The van der Waals surface area contributed by atoms with Crippen molar-refractivity contribution < 1.29 is 9.53 Å². The van der Waals surface area contributed by atoms with Gasteiger partial charge in [-0.15, -0.1) is 0 Å². The number of ether oxygens (including phenoxy) is 1. The molecule has 0 atom stereocenters. The van der Waals surface area contributed by atoms with E-state index in [-0.39, 0.29) is 17.2 Å². The zero-order chi connectivity index (χ0) is 23.7. The van der Waals surface area contributed by atoms with Crippen LogP contribution < -0.4 is 10.3 Å². The van der Waals surface area contributed by atoms with Crippen molar-refractivity contribution in [3.8, 4) is 17.1 Å². The summed E-state index contributed by atoms with van der Waals surface area (Å²) in [5.41, 5.74) is 1.75. The molecule has 10 heteroatoms. The number of nitrogens with zero attached hydrogens (tertiary/aromatic N) is 4. The second kappa shape index (κ2) is 9.73. The van der Waals surface area contributed by atoms with Crippen LogP contribution in [0.25, 0.3) is 21.7 Å². The van der Waals surface area contributed by atoms with Gasteiger partial charge in [0.15, 0.2) is 14.8 Å². The van der Waals surface area contributed by atoms with Crippen molar-refractivity contribution in [2.45, 2.75) is 18.0 Å². The van der Waals surface area contributed by atoms with Gasteiger partial charge in [0, 0.05) is 19.2 Å². The summed E-state index contributed by atoms with van der Waals surface area (Å²) >= 11 is 8.15. The molecule has 2 aromatic carbocycles. The second-order valence-electron chi connectivity index (χ2n) is 7.80. The topological polar surface area (TPSA) is 69.4 Å². The van der Waals surface area contributed by atoms with Crippen molar-refractivity contribution in [2.24, 2.45) is 0 Å². The fourth-order valence-corrected chi connectivity index (χ4v) is 6.21. The third-order valence-electron chi connectivity index (χ3n) is 5.69. The molecule has 5 rings (SSSR count). The number of rotatable bonds is 6. The van der Waals surface area contributed by atoms with Crippen LogP contribution in [-0.2, 0) is 4.79 Å². The van der Waals surface area contributed by atoms with Gasteiger partial charge in [-0.1, -0.05) is 47.4 Å². The highest BCUT2D eigenvalue weighted by molar-refractivity contribution is 7.99. The third kappa shape index (κ3) is 4.28. The van der Waals surface area contributed by atoms with Crippen molar-refractivity contribution in [3.05, 3.63) is 68.9 Å². The first-order valence-corrected chi connectivity index (χ1v) is 13.1. The summed E-state index contributed by atoms with van der Waals surface area (Å²) in [6.45, 7) is 1.58. The number of fused-ring (bicyclic) bond motifs is 1. The zero-order valence-corrected chi connectivity index (χ0v) is 20.9. The molecule has 0 aliphatic carbocycles. The maximum absolute atomic E-state index is 13.7. The molecular formula is C24H22N4O3S3.